The largest absolute Gasteiger partial charge is 0.338 e. The lowest BCUT2D eigenvalue weighted by molar-refractivity contribution is 0.382. The fraction of sp³-hybridized carbons (Fsp3) is 0.333. The Morgan fingerprint density at radius 1 is 1.22 bits per heavy atom. The first-order chi connectivity index (χ1) is 8.62. The molecule has 1 heterocycles. The topological polar surface area (TPSA) is 73.1 Å². The van der Waals surface area contributed by atoms with Crippen LogP contribution in [-0.2, 0) is 22.0 Å². The Kier molecular flexibility index (Phi) is 3.76. The van der Waals surface area contributed by atoms with E-state index in [4.69, 9.17) is 4.52 Å². The van der Waals surface area contributed by atoms with Crippen LogP contribution in [0.4, 0.5) is 0 Å². The van der Waals surface area contributed by atoms with E-state index in [0.717, 1.165) is 6.42 Å². The molecule has 0 amide bonds. The lowest BCUT2D eigenvalue weighted by Crippen LogP contribution is -2.05. The third-order valence-corrected chi connectivity index (χ3v) is 4.02. The maximum absolute atomic E-state index is 12.0. The normalized spacial score (nSPS) is 11.6. The molecule has 0 N–H and O–H groups in total. The Hall–Kier alpha value is -1.69. The summed E-state index contributed by atoms with van der Waals surface area (Å²) in [5.41, 5.74) is 0. The average Bonchev–Trinajstić information content (AvgIpc) is 2.77. The van der Waals surface area contributed by atoms with Crippen LogP contribution in [-0.4, -0.2) is 18.6 Å². The molecule has 2 aromatic rings. The minimum Gasteiger partial charge on any atom is -0.338 e. The van der Waals surface area contributed by atoms with Gasteiger partial charge in [-0.1, -0.05) is 30.3 Å². The summed E-state index contributed by atoms with van der Waals surface area (Å²) in [5, 5.41) is 3.73. The Morgan fingerprint density at radius 2 is 1.94 bits per heavy atom. The standard InChI is InChI=1S/C12H14N2O3S/c1-2-6-11-13-12(17-14-11)9-18(15,16)10-7-4-3-5-8-10/h3-5,7-8H,2,6,9H2,1H3. The van der Waals surface area contributed by atoms with Crippen LogP contribution in [0.2, 0.25) is 0 Å². The Morgan fingerprint density at radius 3 is 2.61 bits per heavy atom. The first-order valence-corrected chi connectivity index (χ1v) is 7.36. The average molecular weight is 266 g/mol. The van der Waals surface area contributed by atoms with Crippen molar-refractivity contribution in [2.45, 2.75) is 30.4 Å². The highest BCUT2D eigenvalue weighted by atomic mass is 32.2. The molecule has 0 atom stereocenters. The van der Waals surface area contributed by atoms with Gasteiger partial charge in [0, 0.05) is 6.42 Å². The molecule has 18 heavy (non-hydrogen) atoms. The highest BCUT2D eigenvalue weighted by Gasteiger charge is 2.19. The zero-order valence-electron chi connectivity index (χ0n) is 10.0. The van der Waals surface area contributed by atoms with E-state index in [1.807, 2.05) is 6.92 Å². The number of rotatable bonds is 5. The summed E-state index contributed by atoms with van der Waals surface area (Å²) < 4.78 is 29.0. The van der Waals surface area contributed by atoms with E-state index in [2.05, 4.69) is 10.1 Å². The summed E-state index contributed by atoms with van der Waals surface area (Å²) in [6.45, 7) is 2.00. The summed E-state index contributed by atoms with van der Waals surface area (Å²) >= 11 is 0. The Bertz CT molecular complexity index is 605. The fourth-order valence-corrected chi connectivity index (χ4v) is 2.73. The number of benzene rings is 1. The van der Waals surface area contributed by atoms with Crippen LogP contribution in [0.1, 0.15) is 25.1 Å². The van der Waals surface area contributed by atoms with E-state index in [-0.39, 0.29) is 16.5 Å². The van der Waals surface area contributed by atoms with Crippen LogP contribution in [0.3, 0.4) is 0 Å². The molecule has 0 aliphatic rings. The van der Waals surface area contributed by atoms with Crippen LogP contribution in [0.5, 0.6) is 0 Å². The second-order valence-corrected chi connectivity index (χ2v) is 5.92. The van der Waals surface area contributed by atoms with Crippen LogP contribution < -0.4 is 0 Å². The van der Waals surface area contributed by atoms with Gasteiger partial charge in [-0.3, -0.25) is 0 Å². The van der Waals surface area contributed by atoms with Gasteiger partial charge in [-0.25, -0.2) is 8.42 Å². The van der Waals surface area contributed by atoms with Gasteiger partial charge < -0.3 is 4.52 Å². The van der Waals surface area contributed by atoms with Gasteiger partial charge in [0.15, 0.2) is 15.7 Å². The van der Waals surface area contributed by atoms with E-state index in [0.29, 0.717) is 12.2 Å². The van der Waals surface area contributed by atoms with Crippen LogP contribution in [0, 0.1) is 0 Å². The van der Waals surface area contributed by atoms with E-state index < -0.39 is 9.84 Å². The number of aryl methyl sites for hydroxylation is 1. The van der Waals surface area contributed by atoms with Crippen molar-refractivity contribution in [2.75, 3.05) is 0 Å². The summed E-state index contributed by atoms with van der Waals surface area (Å²) in [7, 11) is -3.41. The van der Waals surface area contributed by atoms with E-state index in [9.17, 15) is 8.42 Å². The highest BCUT2D eigenvalue weighted by molar-refractivity contribution is 7.90. The van der Waals surface area contributed by atoms with Gasteiger partial charge in [0.05, 0.1) is 4.90 Å². The molecule has 1 aromatic heterocycles. The van der Waals surface area contributed by atoms with Crippen LogP contribution >= 0.6 is 0 Å². The quantitative estimate of drug-likeness (QED) is 0.827. The van der Waals surface area contributed by atoms with Crippen molar-refractivity contribution in [1.82, 2.24) is 10.1 Å². The van der Waals surface area contributed by atoms with Crippen molar-refractivity contribution in [3.63, 3.8) is 0 Å². The van der Waals surface area contributed by atoms with Gasteiger partial charge in [-0.2, -0.15) is 4.98 Å². The summed E-state index contributed by atoms with van der Waals surface area (Å²) in [6, 6.07) is 8.24. The minimum absolute atomic E-state index is 0.141. The summed E-state index contributed by atoms with van der Waals surface area (Å²) in [5.74, 6) is 0.436. The molecular weight excluding hydrogens is 252 g/mol. The molecule has 0 saturated carbocycles. The van der Waals surface area contributed by atoms with Gasteiger partial charge in [0.2, 0.25) is 5.89 Å². The van der Waals surface area contributed by atoms with Gasteiger partial charge in [0.25, 0.3) is 0 Å². The number of hydrogen-bond donors (Lipinski definition) is 0. The van der Waals surface area contributed by atoms with Gasteiger partial charge >= 0.3 is 0 Å². The second-order valence-electron chi connectivity index (χ2n) is 3.93. The van der Waals surface area contributed by atoms with Crippen molar-refractivity contribution in [3.8, 4) is 0 Å². The zero-order chi connectivity index (χ0) is 13.0. The lowest BCUT2D eigenvalue weighted by atomic mass is 10.3. The molecule has 0 spiro atoms. The molecule has 0 unspecified atom stereocenters. The smallest absolute Gasteiger partial charge is 0.242 e. The summed E-state index contributed by atoms with van der Waals surface area (Å²) in [6.07, 6.45) is 1.58. The van der Waals surface area contributed by atoms with E-state index in [1.165, 1.54) is 0 Å². The number of nitrogens with zero attached hydrogens (tertiary/aromatic N) is 2. The van der Waals surface area contributed by atoms with Crippen LogP contribution in [0.15, 0.2) is 39.8 Å². The van der Waals surface area contributed by atoms with E-state index in [1.54, 1.807) is 30.3 Å². The second kappa shape index (κ2) is 5.30. The number of sulfone groups is 1. The Balaban J connectivity index is 2.17. The van der Waals surface area contributed by atoms with E-state index >= 15 is 0 Å². The van der Waals surface area contributed by atoms with Crippen molar-refractivity contribution in [1.29, 1.82) is 0 Å². The summed E-state index contributed by atoms with van der Waals surface area (Å²) in [4.78, 5) is 4.32. The molecule has 0 aliphatic carbocycles. The predicted molar refractivity (Wildman–Crippen MR) is 65.6 cm³/mol. The van der Waals surface area contributed by atoms with Gasteiger partial charge in [0.1, 0.15) is 5.75 Å². The molecule has 5 nitrogen and oxygen atoms in total. The first-order valence-electron chi connectivity index (χ1n) is 5.71. The molecule has 0 saturated heterocycles. The number of aromatic nitrogens is 2. The molecule has 0 radical (unpaired) electrons. The highest BCUT2D eigenvalue weighted by Crippen LogP contribution is 2.15. The third kappa shape index (κ3) is 2.95. The van der Waals surface area contributed by atoms with Gasteiger partial charge in [-0.05, 0) is 18.6 Å². The molecule has 1 aromatic carbocycles. The molecule has 96 valence electrons. The van der Waals surface area contributed by atoms with Crippen molar-refractivity contribution < 1.29 is 12.9 Å². The third-order valence-electron chi connectivity index (χ3n) is 2.40. The molecule has 0 aliphatic heterocycles. The van der Waals surface area contributed by atoms with Crippen molar-refractivity contribution in [2.24, 2.45) is 0 Å². The molecule has 2 rings (SSSR count). The van der Waals surface area contributed by atoms with Crippen molar-refractivity contribution in [3.05, 3.63) is 42.0 Å². The lowest BCUT2D eigenvalue weighted by Gasteiger charge is -1.99. The molecular formula is C12H14N2O3S. The zero-order valence-corrected chi connectivity index (χ0v) is 10.9. The SMILES string of the molecule is CCCc1noc(CS(=O)(=O)c2ccccc2)n1. The fourth-order valence-electron chi connectivity index (χ4n) is 1.55. The van der Waals surface area contributed by atoms with Gasteiger partial charge in [-0.15, -0.1) is 0 Å². The van der Waals surface area contributed by atoms with Crippen molar-refractivity contribution >= 4 is 9.84 Å². The molecule has 6 heteroatoms. The predicted octanol–water partition coefficient (Wildman–Crippen LogP) is 2.00. The molecule has 0 bridgehead atoms. The minimum atomic E-state index is -3.41. The monoisotopic (exact) mass is 266 g/mol. The maximum atomic E-state index is 12.0. The first kappa shape index (κ1) is 12.8. The number of hydrogen-bond acceptors (Lipinski definition) is 5. The molecule has 0 fully saturated rings. The van der Waals surface area contributed by atoms with Crippen LogP contribution in [0.25, 0.3) is 0 Å². The Labute approximate surface area is 106 Å². The maximum Gasteiger partial charge on any atom is 0.242 e.